The molecule has 0 unspecified atom stereocenters. The highest BCUT2D eigenvalue weighted by Crippen LogP contribution is 2.28. The molecule has 1 aliphatic heterocycles. The summed E-state index contributed by atoms with van der Waals surface area (Å²) in [6, 6.07) is 16.1. The third-order valence-corrected chi connectivity index (χ3v) is 5.59. The summed E-state index contributed by atoms with van der Waals surface area (Å²) in [5.74, 6) is 0.771. The van der Waals surface area contributed by atoms with Gasteiger partial charge < -0.3 is 18.8 Å². The van der Waals surface area contributed by atoms with E-state index < -0.39 is 0 Å². The number of nitrogens with zero attached hydrogens (tertiary/aromatic N) is 5. The van der Waals surface area contributed by atoms with E-state index in [0.717, 1.165) is 48.6 Å². The van der Waals surface area contributed by atoms with Crippen molar-refractivity contribution in [1.29, 1.82) is 0 Å². The Labute approximate surface area is 170 Å². The van der Waals surface area contributed by atoms with Gasteiger partial charge in [0.2, 0.25) is 5.62 Å². The molecule has 1 aromatic heterocycles. The van der Waals surface area contributed by atoms with Gasteiger partial charge in [-0.25, -0.2) is 0 Å². The molecular formula is C22H27N5O2. The lowest BCUT2D eigenvalue weighted by molar-refractivity contribution is -0.119. The van der Waals surface area contributed by atoms with Gasteiger partial charge in [-0.2, -0.15) is 4.99 Å². The Morgan fingerprint density at radius 2 is 1.52 bits per heavy atom. The lowest BCUT2D eigenvalue weighted by atomic mass is 10.2. The van der Waals surface area contributed by atoms with E-state index in [0.29, 0.717) is 12.2 Å². The molecule has 0 aliphatic carbocycles. The van der Waals surface area contributed by atoms with Crippen LogP contribution < -0.4 is 15.3 Å². The Kier molecular flexibility index (Phi) is 5.40. The van der Waals surface area contributed by atoms with Gasteiger partial charge in [-0.15, -0.1) is 0 Å². The predicted molar refractivity (Wildman–Crippen MR) is 114 cm³/mol. The molecule has 1 fully saturated rings. The zero-order valence-corrected chi connectivity index (χ0v) is 17.2. The summed E-state index contributed by atoms with van der Waals surface area (Å²) < 4.78 is 9.40. The third kappa shape index (κ3) is 3.78. The van der Waals surface area contributed by atoms with E-state index in [2.05, 4.69) is 20.9 Å². The third-order valence-electron chi connectivity index (χ3n) is 5.59. The Morgan fingerprint density at radius 3 is 2.14 bits per heavy atom. The summed E-state index contributed by atoms with van der Waals surface area (Å²) in [5, 5.41) is 0. The van der Waals surface area contributed by atoms with E-state index in [1.54, 1.807) is 7.11 Å². The first kappa shape index (κ1) is 19.3. The smallest absolute Gasteiger partial charge is 0.263 e. The summed E-state index contributed by atoms with van der Waals surface area (Å²) in [5.41, 5.74) is 3.90. The van der Waals surface area contributed by atoms with Gasteiger partial charge in [0.25, 0.3) is 5.91 Å². The van der Waals surface area contributed by atoms with Gasteiger partial charge in [0.05, 0.1) is 30.4 Å². The van der Waals surface area contributed by atoms with Gasteiger partial charge >= 0.3 is 0 Å². The maximum Gasteiger partial charge on any atom is 0.263 e. The van der Waals surface area contributed by atoms with E-state index in [4.69, 9.17) is 4.74 Å². The molecule has 0 radical (unpaired) electrons. The molecule has 1 aliphatic rings. The number of carbonyl (C=O) groups excluding carboxylic acids is 1. The van der Waals surface area contributed by atoms with Crippen molar-refractivity contribution in [3.05, 3.63) is 54.1 Å². The van der Waals surface area contributed by atoms with Crippen LogP contribution in [0.3, 0.4) is 0 Å². The number of rotatable bonds is 4. The molecule has 0 bridgehead atoms. The van der Waals surface area contributed by atoms with Crippen molar-refractivity contribution in [3.63, 3.8) is 0 Å². The van der Waals surface area contributed by atoms with Crippen LogP contribution in [-0.2, 0) is 18.9 Å². The number of aryl methyl sites for hydroxylation is 2. The standard InChI is InChI=1S/C22H27N5O2/c1-24-17-8-4-5-9-18(17)25(2)22(24)23-21(28)16-26-12-14-27(15-13-26)19-10-6-7-11-20(19)29-3/h4-11H,12-16H2,1-3H3. The molecule has 1 saturated heterocycles. The van der Waals surface area contributed by atoms with Crippen LogP contribution in [0.1, 0.15) is 0 Å². The van der Waals surface area contributed by atoms with E-state index >= 15 is 0 Å². The van der Waals surface area contributed by atoms with Crippen molar-refractivity contribution in [2.24, 2.45) is 19.1 Å². The predicted octanol–water partition coefficient (Wildman–Crippen LogP) is 1.77. The Balaban J connectivity index is 1.44. The highest BCUT2D eigenvalue weighted by Gasteiger charge is 2.21. The molecule has 1 amide bonds. The molecule has 7 nitrogen and oxygen atoms in total. The molecule has 7 heteroatoms. The number of ether oxygens (including phenoxy) is 1. The molecule has 0 saturated carbocycles. The SMILES string of the molecule is COc1ccccc1N1CCN(CC(=O)N=c2n(C)c3ccccc3n2C)CC1. The molecule has 4 rings (SSSR count). The second-order valence-corrected chi connectivity index (χ2v) is 7.35. The van der Waals surface area contributed by atoms with Crippen molar-refractivity contribution >= 4 is 22.6 Å². The summed E-state index contributed by atoms with van der Waals surface area (Å²) in [6.07, 6.45) is 0. The molecule has 0 N–H and O–H groups in total. The second kappa shape index (κ2) is 8.13. The normalized spacial score (nSPS) is 14.9. The Hall–Kier alpha value is -3.06. The van der Waals surface area contributed by atoms with Crippen molar-refractivity contribution in [2.45, 2.75) is 0 Å². The minimum Gasteiger partial charge on any atom is -0.495 e. The topological polar surface area (TPSA) is 55.0 Å². The summed E-state index contributed by atoms with van der Waals surface area (Å²) >= 11 is 0. The largest absolute Gasteiger partial charge is 0.495 e. The molecule has 2 aromatic carbocycles. The van der Waals surface area contributed by atoms with Crippen LogP contribution in [0, 0.1) is 0 Å². The van der Waals surface area contributed by atoms with Crippen molar-refractivity contribution in [2.75, 3.05) is 44.7 Å². The monoisotopic (exact) mass is 393 g/mol. The number of hydrogen-bond donors (Lipinski definition) is 0. The van der Waals surface area contributed by atoms with Gasteiger partial charge in [0.15, 0.2) is 0 Å². The highest BCUT2D eigenvalue weighted by molar-refractivity contribution is 5.80. The highest BCUT2D eigenvalue weighted by atomic mass is 16.5. The number of piperazine rings is 1. The zero-order chi connectivity index (χ0) is 20.4. The van der Waals surface area contributed by atoms with Crippen LogP contribution in [0.4, 0.5) is 5.69 Å². The van der Waals surface area contributed by atoms with E-state index in [1.807, 2.05) is 65.7 Å². The van der Waals surface area contributed by atoms with Crippen molar-refractivity contribution in [1.82, 2.24) is 14.0 Å². The van der Waals surface area contributed by atoms with Crippen LogP contribution in [0.2, 0.25) is 0 Å². The van der Waals surface area contributed by atoms with E-state index in [-0.39, 0.29) is 5.91 Å². The fraction of sp³-hybridized carbons (Fsp3) is 0.364. The second-order valence-electron chi connectivity index (χ2n) is 7.35. The Morgan fingerprint density at radius 1 is 0.931 bits per heavy atom. The molecule has 3 aromatic rings. The number of carbonyl (C=O) groups is 1. The number of methoxy groups -OCH3 is 1. The fourth-order valence-corrected chi connectivity index (χ4v) is 4.00. The first-order valence-electron chi connectivity index (χ1n) is 9.87. The molecule has 152 valence electrons. The van der Waals surface area contributed by atoms with Gasteiger partial charge in [-0.05, 0) is 24.3 Å². The minimum atomic E-state index is -0.114. The molecule has 2 heterocycles. The number of para-hydroxylation sites is 4. The number of hydrogen-bond acceptors (Lipinski definition) is 4. The first-order chi connectivity index (χ1) is 14.1. The van der Waals surface area contributed by atoms with Crippen LogP contribution in [0.25, 0.3) is 11.0 Å². The van der Waals surface area contributed by atoms with Crippen LogP contribution in [0.5, 0.6) is 5.75 Å². The Bertz CT molecular complexity index is 1050. The van der Waals surface area contributed by atoms with Crippen LogP contribution in [-0.4, -0.2) is 59.8 Å². The average molecular weight is 393 g/mol. The molecule has 29 heavy (non-hydrogen) atoms. The van der Waals surface area contributed by atoms with Crippen LogP contribution >= 0.6 is 0 Å². The number of aromatic nitrogens is 2. The summed E-state index contributed by atoms with van der Waals surface area (Å²) in [6.45, 7) is 3.69. The number of fused-ring (bicyclic) bond motifs is 1. The number of imidazole rings is 1. The maximum absolute atomic E-state index is 12.6. The van der Waals surface area contributed by atoms with Gasteiger partial charge in [-0.1, -0.05) is 24.3 Å². The number of amides is 1. The van der Waals surface area contributed by atoms with E-state index in [1.165, 1.54) is 0 Å². The zero-order valence-electron chi connectivity index (χ0n) is 17.2. The van der Waals surface area contributed by atoms with Crippen molar-refractivity contribution in [3.8, 4) is 5.75 Å². The maximum atomic E-state index is 12.6. The summed E-state index contributed by atoms with van der Waals surface area (Å²) in [7, 11) is 5.59. The van der Waals surface area contributed by atoms with Crippen molar-refractivity contribution < 1.29 is 9.53 Å². The molecule has 0 spiro atoms. The van der Waals surface area contributed by atoms with Gasteiger partial charge in [-0.3, -0.25) is 9.69 Å². The molecule has 0 atom stereocenters. The van der Waals surface area contributed by atoms with E-state index in [9.17, 15) is 4.79 Å². The summed E-state index contributed by atoms with van der Waals surface area (Å²) in [4.78, 5) is 21.5. The quantitative estimate of drug-likeness (QED) is 0.678. The van der Waals surface area contributed by atoms with Gasteiger partial charge in [0.1, 0.15) is 5.75 Å². The van der Waals surface area contributed by atoms with Gasteiger partial charge in [0, 0.05) is 40.3 Å². The fourth-order valence-electron chi connectivity index (χ4n) is 4.00. The number of anilines is 1. The lowest BCUT2D eigenvalue weighted by Gasteiger charge is -2.36. The van der Waals surface area contributed by atoms with Crippen LogP contribution in [0.15, 0.2) is 53.5 Å². The molecular weight excluding hydrogens is 366 g/mol. The average Bonchev–Trinajstić information content (AvgIpc) is 2.99. The number of benzene rings is 2. The first-order valence-corrected chi connectivity index (χ1v) is 9.87. The minimum absolute atomic E-state index is 0.114. The lowest BCUT2D eigenvalue weighted by Crippen LogP contribution is -2.48.